The van der Waals surface area contributed by atoms with Gasteiger partial charge in [0.05, 0.1) is 12.7 Å². The largest absolute Gasteiger partial charge is 0.394 e. The highest BCUT2D eigenvalue weighted by atomic mass is 16.3. The highest BCUT2D eigenvalue weighted by Gasteiger charge is 1.83. The van der Waals surface area contributed by atoms with Gasteiger partial charge in [-0.15, -0.1) is 0 Å². The highest BCUT2D eigenvalue weighted by molar-refractivity contribution is 4.34. The zero-order valence-electron chi connectivity index (χ0n) is 6.67. The molecule has 0 aromatic rings. The van der Waals surface area contributed by atoms with Gasteiger partial charge < -0.3 is 10.2 Å². The van der Waals surface area contributed by atoms with Crippen molar-refractivity contribution in [2.75, 3.05) is 13.2 Å². The van der Waals surface area contributed by atoms with Crippen LogP contribution in [0.25, 0.3) is 0 Å². The standard InChI is InChI=1S/C3H10N2.C3H8O2/c1-2-3-5-4;1-3(5)2-4/h5H,2-4H2,1H3;3-5H,2H2,1H3. The van der Waals surface area contributed by atoms with E-state index in [4.69, 9.17) is 16.1 Å². The van der Waals surface area contributed by atoms with E-state index in [0.717, 1.165) is 13.0 Å². The van der Waals surface area contributed by atoms with Crippen molar-refractivity contribution in [1.29, 1.82) is 0 Å². The molecule has 64 valence electrons. The molecule has 0 bridgehead atoms. The molecule has 0 saturated carbocycles. The molecule has 0 saturated heterocycles. The SMILES string of the molecule is CC(O)CO.CCCNN. The van der Waals surface area contributed by atoms with Crippen LogP contribution in [0.2, 0.25) is 0 Å². The first-order valence-corrected chi connectivity index (χ1v) is 3.41. The van der Waals surface area contributed by atoms with Crippen molar-refractivity contribution in [3.8, 4) is 0 Å². The highest BCUT2D eigenvalue weighted by Crippen LogP contribution is 1.68. The molecule has 0 rings (SSSR count). The van der Waals surface area contributed by atoms with Gasteiger partial charge in [-0.1, -0.05) is 6.92 Å². The van der Waals surface area contributed by atoms with Crippen LogP contribution in [0.15, 0.2) is 0 Å². The first-order chi connectivity index (χ1) is 4.68. The van der Waals surface area contributed by atoms with Crippen LogP contribution in [0, 0.1) is 0 Å². The average molecular weight is 150 g/mol. The van der Waals surface area contributed by atoms with Gasteiger partial charge in [0.1, 0.15) is 0 Å². The Hall–Kier alpha value is -0.160. The lowest BCUT2D eigenvalue weighted by Gasteiger charge is -1.90. The molecule has 5 N–H and O–H groups in total. The Labute approximate surface area is 62.0 Å². The minimum absolute atomic E-state index is 0.139. The molecule has 0 aromatic carbocycles. The van der Waals surface area contributed by atoms with Crippen molar-refractivity contribution in [2.24, 2.45) is 5.84 Å². The van der Waals surface area contributed by atoms with E-state index in [9.17, 15) is 0 Å². The van der Waals surface area contributed by atoms with Gasteiger partial charge in [0, 0.05) is 6.54 Å². The number of nitrogens with one attached hydrogen (secondary N) is 1. The number of aliphatic hydroxyl groups is 2. The predicted octanol–water partition coefficient (Wildman–Crippen LogP) is -0.781. The van der Waals surface area contributed by atoms with E-state index in [2.05, 4.69) is 12.3 Å². The summed E-state index contributed by atoms with van der Waals surface area (Å²) < 4.78 is 0. The van der Waals surface area contributed by atoms with Gasteiger partial charge in [0.15, 0.2) is 0 Å². The molecule has 1 atom stereocenters. The molecular formula is C6H18N2O2. The maximum Gasteiger partial charge on any atom is 0.0742 e. The first kappa shape index (κ1) is 12.5. The molecule has 0 aliphatic heterocycles. The van der Waals surface area contributed by atoms with Crippen molar-refractivity contribution in [3.63, 3.8) is 0 Å². The summed E-state index contributed by atoms with van der Waals surface area (Å²) in [6.07, 6.45) is 0.547. The van der Waals surface area contributed by atoms with Crippen molar-refractivity contribution in [1.82, 2.24) is 5.43 Å². The van der Waals surface area contributed by atoms with Crippen molar-refractivity contribution in [2.45, 2.75) is 26.4 Å². The van der Waals surface area contributed by atoms with Gasteiger partial charge in [0.2, 0.25) is 0 Å². The van der Waals surface area contributed by atoms with E-state index in [1.165, 1.54) is 6.92 Å². The lowest BCUT2D eigenvalue weighted by Crippen LogP contribution is -2.21. The Bertz CT molecular complexity index is 49.0. The molecule has 0 amide bonds. The Morgan fingerprint density at radius 2 is 2.00 bits per heavy atom. The third-order valence-corrected chi connectivity index (χ3v) is 0.659. The molecule has 4 heteroatoms. The van der Waals surface area contributed by atoms with Crippen LogP contribution in [0.4, 0.5) is 0 Å². The minimum Gasteiger partial charge on any atom is -0.394 e. The maximum absolute atomic E-state index is 8.11. The summed E-state index contributed by atoms with van der Waals surface area (Å²) in [7, 11) is 0. The summed E-state index contributed by atoms with van der Waals surface area (Å²) in [6.45, 7) is 4.37. The van der Waals surface area contributed by atoms with E-state index in [1.54, 1.807) is 0 Å². The third kappa shape index (κ3) is 24.9. The normalized spacial score (nSPS) is 11.7. The van der Waals surface area contributed by atoms with E-state index in [-0.39, 0.29) is 6.61 Å². The smallest absolute Gasteiger partial charge is 0.0742 e. The molecule has 1 unspecified atom stereocenters. The summed E-state index contributed by atoms with van der Waals surface area (Å²) in [5.74, 6) is 4.89. The molecule has 0 spiro atoms. The summed E-state index contributed by atoms with van der Waals surface area (Å²) in [6, 6.07) is 0. The van der Waals surface area contributed by atoms with E-state index < -0.39 is 6.10 Å². The van der Waals surface area contributed by atoms with Crippen LogP contribution in [0.1, 0.15) is 20.3 Å². The quantitative estimate of drug-likeness (QED) is 0.314. The van der Waals surface area contributed by atoms with Crippen LogP contribution in [0.3, 0.4) is 0 Å². The number of hydrogen-bond donors (Lipinski definition) is 4. The Morgan fingerprint density at radius 1 is 1.60 bits per heavy atom. The average Bonchev–Trinajstić information content (AvgIpc) is 1.91. The molecule has 0 radical (unpaired) electrons. The minimum atomic E-state index is -0.560. The second-order valence-electron chi connectivity index (χ2n) is 1.99. The molecule has 4 nitrogen and oxygen atoms in total. The van der Waals surface area contributed by atoms with Gasteiger partial charge in [-0.05, 0) is 13.3 Å². The van der Waals surface area contributed by atoms with Crippen LogP contribution in [-0.2, 0) is 0 Å². The Morgan fingerprint density at radius 3 is 2.00 bits per heavy atom. The molecule has 0 fully saturated rings. The van der Waals surface area contributed by atoms with Crippen LogP contribution >= 0.6 is 0 Å². The van der Waals surface area contributed by atoms with Gasteiger partial charge in [-0.25, -0.2) is 0 Å². The molecule has 10 heavy (non-hydrogen) atoms. The van der Waals surface area contributed by atoms with Crippen molar-refractivity contribution < 1.29 is 10.2 Å². The number of nitrogens with two attached hydrogens (primary N) is 1. The molecule has 0 heterocycles. The summed E-state index contributed by atoms with van der Waals surface area (Å²) in [5.41, 5.74) is 2.52. The fraction of sp³-hybridized carbons (Fsp3) is 1.00. The Kier molecular flexibility index (Phi) is 14.5. The van der Waals surface area contributed by atoms with Crippen molar-refractivity contribution in [3.05, 3.63) is 0 Å². The van der Waals surface area contributed by atoms with Crippen LogP contribution in [-0.4, -0.2) is 29.5 Å². The molecule has 0 aromatic heterocycles. The lowest BCUT2D eigenvalue weighted by atomic mass is 10.5. The van der Waals surface area contributed by atoms with Crippen LogP contribution in [0.5, 0.6) is 0 Å². The molecular weight excluding hydrogens is 132 g/mol. The number of hydrazine groups is 1. The lowest BCUT2D eigenvalue weighted by molar-refractivity contribution is 0.110. The third-order valence-electron chi connectivity index (χ3n) is 0.659. The second kappa shape index (κ2) is 11.6. The first-order valence-electron chi connectivity index (χ1n) is 3.41. The number of hydrogen-bond acceptors (Lipinski definition) is 4. The second-order valence-corrected chi connectivity index (χ2v) is 1.99. The van der Waals surface area contributed by atoms with Gasteiger partial charge in [0.25, 0.3) is 0 Å². The fourth-order valence-corrected chi connectivity index (χ4v) is 0.144. The van der Waals surface area contributed by atoms with Gasteiger partial charge in [-0.2, -0.15) is 0 Å². The van der Waals surface area contributed by atoms with E-state index >= 15 is 0 Å². The Balaban J connectivity index is 0. The van der Waals surface area contributed by atoms with Gasteiger partial charge in [-0.3, -0.25) is 11.3 Å². The predicted molar refractivity (Wildman–Crippen MR) is 41.2 cm³/mol. The van der Waals surface area contributed by atoms with Gasteiger partial charge >= 0.3 is 0 Å². The van der Waals surface area contributed by atoms with E-state index in [0.29, 0.717) is 0 Å². The maximum atomic E-state index is 8.11. The molecule has 0 aliphatic carbocycles. The summed E-state index contributed by atoms with van der Waals surface area (Å²) in [5, 5.41) is 16.0. The molecule has 0 aliphatic rings. The number of rotatable bonds is 3. The fourth-order valence-electron chi connectivity index (χ4n) is 0.144. The van der Waals surface area contributed by atoms with Crippen molar-refractivity contribution >= 4 is 0 Å². The zero-order valence-corrected chi connectivity index (χ0v) is 6.67. The summed E-state index contributed by atoms with van der Waals surface area (Å²) >= 11 is 0. The van der Waals surface area contributed by atoms with E-state index in [1.807, 2.05) is 0 Å². The van der Waals surface area contributed by atoms with Crippen LogP contribution < -0.4 is 11.3 Å². The number of aliphatic hydroxyl groups excluding tert-OH is 2. The summed E-state index contributed by atoms with van der Waals surface area (Å²) in [4.78, 5) is 0. The zero-order chi connectivity index (χ0) is 8.41. The monoisotopic (exact) mass is 150 g/mol. The topological polar surface area (TPSA) is 78.5 Å².